The van der Waals surface area contributed by atoms with Crippen molar-refractivity contribution in [1.29, 1.82) is 0 Å². The van der Waals surface area contributed by atoms with Crippen molar-refractivity contribution >= 4 is 5.97 Å². The molecule has 4 nitrogen and oxygen atoms in total. The lowest BCUT2D eigenvalue weighted by atomic mass is 10.3. The number of aromatic nitrogens is 1. The Balaban J connectivity index is 2.90. The van der Waals surface area contributed by atoms with Crippen molar-refractivity contribution in [1.82, 2.24) is 0 Å². The number of rotatable bonds is 1. The fraction of sp³-hybridized carbons (Fsp3) is 0.143. The van der Waals surface area contributed by atoms with Crippen molar-refractivity contribution < 1.29 is 14.2 Å². The summed E-state index contributed by atoms with van der Waals surface area (Å²) in [6.45, 7) is 0. The fourth-order valence-corrected chi connectivity index (χ4v) is 0.692. The Kier molecular flexibility index (Phi) is 2.06. The lowest BCUT2D eigenvalue weighted by Gasteiger charge is -1.94. The second-order valence-electron chi connectivity index (χ2n) is 2.03. The minimum Gasteiger partial charge on any atom is -0.465 e. The number of esters is 1. The Bertz CT molecular complexity index is 256. The number of carbonyl (C=O) groups is 1. The second kappa shape index (κ2) is 3.01. The maximum atomic E-state index is 10.9. The van der Waals surface area contributed by atoms with E-state index in [1.165, 1.54) is 11.8 Å². The summed E-state index contributed by atoms with van der Waals surface area (Å²) < 4.78 is 5.84. The third-order valence-corrected chi connectivity index (χ3v) is 1.27. The van der Waals surface area contributed by atoms with Gasteiger partial charge in [0.2, 0.25) is 0 Å². The van der Waals surface area contributed by atoms with Gasteiger partial charge in [0.15, 0.2) is 12.4 Å². The summed E-state index contributed by atoms with van der Waals surface area (Å²) in [6.07, 6.45) is 3.15. The second-order valence-corrected chi connectivity index (χ2v) is 2.03. The summed E-state index contributed by atoms with van der Waals surface area (Å²) in [5, 5.41) is 0. The van der Waals surface area contributed by atoms with Crippen LogP contribution in [0.1, 0.15) is 10.4 Å². The van der Waals surface area contributed by atoms with Crippen molar-refractivity contribution in [3.05, 3.63) is 30.1 Å². The minimum absolute atomic E-state index is 0.356. The van der Waals surface area contributed by atoms with Crippen LogP contribution in [-0.2, 0) is 4.74 Å². The molecule has 1 aromatic heterocycles. The summed E-state index contributed by atoms with van der Waals surface area (Å²) in [5.74, 6) is 4.98. The number of nitrogens with zero attached hydrogens (tertiary/aromatic N) is 1. The highest BCUT2D eigenvalue weighted by Crippen LogP contribution is 1.95. The number of ether oxygens (including phenoxy) is 1. The molecule has 0 saturated heterocycles. The average molecular weight is 153 g/mol. The van der Waals surface area contributed by atoms with Crippen LogP contribution in [0.5, 0.6) is 0 Å². The Morgan fingerprint density at radius 2 is 2.09 bits per heavy atom. The quantitative estimate of drug-likeness (QED) is 0.335. The van der Waals surface area contributed by atoms with Gasteiger partial charge in [-0.15, -0.1) is 0 Å². The molecular formula is C7H9N2O2+. The maximum absolute atomic E-state index is 10.9. The lowest BCUT2D eigenvalue weighted by molar-refractivity contribution is -0.638. The summed E-state index contributed by atoms with van der Waals surface area (Å²) in [6, 6.07) is 3.18. The Morgan fingerprint density at radius 3 is 2.55 bits per heavy atom. The monoisotopic (exact) mass is 153 g/mol. The van der Waals surface area contributed by atoms with Gasteiger partial charge in [-0.1, -0.05) is 4.68 Å². The zero-order chi connectivity index (χ0) is 8.27. The van der Waals surface area contributed by atoms with Gasteiger partial charge in [0.25, 0.3) is 0 Å². The maximum Gasteiger partial charge on any atom is 0.338 e. The number of nitrogen functional groups attached to an aromatic ring is 1. The van der Waals surface area contributed by atoms with E-state index < -0.39 is 0 Å². The van der Waals surface area contributed by atoms with E-state index in [0.717, 1.165) is 0 Å². The molecule has 0 fully saturated rings. The smallest absolute Gasteiger partial charge is 0.338 e. The van der Waals surface area contributed by atoms with E-state index in [4.69, 9.17) is 5.84 Å². The number of hydrogen-bond donors (Lipinski definition) is 1. The largest absolute Gasteiger partial charge is 0.465 e. The van der Waals surface area contributed by atoms with Crippen LogP contribution in [0, 0.1) is 0 Å². The van der Waals surface area contributed by atoms with Crippen LogP contribution in [0.3, 0.4) is 0 Å². The Labute approximate surface area is 64.2 Å². The van der Waals surface area contributed by atoms with Gasteiger partial charge in [-0.2, -0.15) is 0 Å². The minimum atomic E-state index is -0.356. The molecule has 0 saturated carbocycles. The van der Waals surface area contributed by atoms with Gasteiger partial charge in [0.1, 0.15) is 0 Å². The molecule has 1 rings (SSSR count). The molecule has 0 atom stereocenters. The molecule has 2 N–H and O–H groups in total. The van der Waals surface area contributed by atoms with Crippen molar-refractivity contribution in [2.45, 2.75) is 0 Å². The summed E-state index contributed by atoms with van der Waals surface area (Å²) in [7, 11) is 1.34. The van der Waals surface area contributed by atoms with Crippen molar-refractivity contribution in [3.63, 3.8) is 0 Å². The lowest BCUT2D eigenvalue weighted by Crippen LogP contribution is -2.43. The van der Waals surface area contributed by atoms with E-state index in [9.17, 15) is 4.79 Å². The van der Waals surface area contributed by atoms with Gasteiger partial charge in [0, 0.05) is 12.1 Å². The van der Waals surface area contributed by atoms with Gasteiger partial charge in [0.05, 0.1) is 12.7 Å². The zero-order valence-corrected chi connectivity index (χ0v) is 6.15. The molecule has 4 heteroatoms. The van der Waals surface area contributed by atoms with E-state index in [2.05, 4.69) is 4.74 Å². The molecule has 0 aliphatic carbocycles. The standard InChI is InChI=1S/C7H8N2O2/c1-11-7(10)6-2-4-9(8)5-3-6/h2-5H,1H3,(H-,8,10)/p+1. The first-order chi connectivity index (χ1) is 5.24. The van der Waals surface area contributed by atoms with E-state index in [1.807, 2.05) is 0 Å². The molecule has 0 amide bonds. The van der Waals surface area contributed by atoms with Crippen LogP contribution in [0.15, 0.2) is 24.5 Å². The van der Waals surface area contributed by atoms with Crippen LogP contribution >= 0.6 is 0 Å². The summed E-state index contributed by atoms with van der Waals surface area (Å²) >= 11 is 0. The average Bonchev–Trinajstić information content (AvgIpc) is 2.05. The number of methoxy groups -OCH3 is 1. The van der Waals surface area contributed by atoms with Crippen LogP contribution in [0.25, 0.3) is 0 Å². The topological polar surface area (TPSA) is 56.2 Å². The molecule has 1 aromatic rings. The van der Waals surface area contributed by atoms with Gasteiger partial charge in [-0.05, 0) is 0 Å². The molecule has 0 spiro atoms. The van der Waals surface area contributed by atoms with Crippen LogP contribution in [-0.4, -0.2) is 13.1 Å². The molecule has 58 valence electrons. The normalized spacial score (nSPS) is 9.18. The van der Waals surface area contributed by atoms with Crippen molar-refractivity contribution in [2.75, 3.05) is 13.0 Å². The molecular weight excluding hydrogens is 144 g/mol. The molecule has 0 aliphatic rings. The number of carbonyl (C=O) groups excluding carboxylic acids is 1. The predicted molar refractivity (Wildman–Crippen MR) is 38.1 cm³/mol. The third kappa shape index (κ3) is 1.67. The molecule has 11 heavy (non-hydrogen) atoms. The van der Waals surface area contributed by atoms with E-state index in [1.54, 1.807) is 24.5 Å². The van der Waals surface area contributed by atoms with Gasteiger partial charge >= 0.3 is 5.97 Å². The van der Waals surface area contributed by atoms with Crippen molar-refractivity contribution in [3.8, 4) is 0 Å². The third-order valence-electron chi connectivity index (χ3n) is 1.27. The molecule has 1 heterocycles. The summed E-state index contributed by atoms with van der Waals surface area (Å²) in [4.78, 5) is 10.9. The first-order valence-electron chi connectivity index (χ1n) is 3.09. The van der Waals surface area contributed by atoms with E-state index in [-0.39, 0.29) is 5.97 Å². The molecule has 0 unspecified atom stereocenters. The van der Waals surface area contributed by atoms with E-state index >= 15 is 0 Å². The highest BCUT2D eigenvalue weighted by Gasteiger charge is 2.05. The molecule has 0 radical (unpaired) electrons. The highest BCUT2D eigenvalue weighted by molar-refractivity contribution is 5.88. The van der Waals surface area contributed by atoms with Gasteiger partial charge < -0.3 is 4.74 Å². The molecule has 0 bridgehead atoms. The Morgan fingerprint density at radius 1 is 1.55 bits per heavy atom. The zero-order valence-electron chi connectivity index (χ0n) is 6.15. The number of hydrogen-bond acceptors (Lipinski definition) is 3. The van der Waals surface area contributed by atoms with Crippen molar-refractivity contribution in [2.24, 2.45) is 0 Å². The first kappa shape index (κ1) is 7.53. The van der Waals surface area contributed by atoms with Gasteiger partial charge in [-0.25, -0.2) is 10.6 Å². The van der Waals surface area contributed by atoms with Gasteiger partial charge in [-0.3, -0.25) is 0 Å². The fourth-order valence-electron chi connectivity index (χ4n) is 0.692. The molecule has 0 aliphatic heterocycles. The first-order valence-corrected chi connectivity index (χ1v) is 3.09. The van der Waals surface area contributed by atoms with Crippen LogP contribution in [0.2, 0.25) is 0 Å². The highest BCUT2D eigenvalue weighted by atomic mass is 16.5. The Hall–Kier alpha value is -1.58. The summed E-state index contributed by atoms with van der Waals surface area (Å²) in [5.41, 5.74) is 0.495. The molecule has 0 aromatic carbocycles. The number of nitrogens with two attached hydrogens (primary N) is 1. The van der Waals surface area contributed by atoms with Crippen LogP contribution < -0.4 is 10.5 Å². The SMILES string of the molecule is COC(=O)c1cc[n+](N)cc1. The van der Waals surface area contributed by atoms with Crippen LogP contribution in [0.4, 0.5) is 0 Å². The van der Waals surface area contributed by atoms with E-state index in [0.29, 0.717) is 5.56 Å². The predicted octanol–water partition coefficient (Wildman–Crippen LogP) is -0.526. The number of pyridine rings is 1.